The molecule has 0 unspecified atom stereocenters. The Bertz CT molecular complexity index is 698. The molecule has 3 aromatic rings. The second kappa shape index (κ2) is 5.71. The number of aryl methyl sites for hydroxylation is 1. The molecule has 5 heteroatoms. The molecule has 0 aromatic carbocycles. The fourth-order valence-electron chi connectivity index (χ4n) is 1.60. The van der Waals surface area contributed by atoms with Crippen molar-refractivity contribution in [3.8, 4) is 21.9 Å². The zero-order chi connectivity index (χ0) is 13.8. The number of thiophene rings is 1. The highest BCUT2D eigenvalue weighted by molar-refractivity contribution is 7.15. The third-order valence-corrected chi connectivity index (χ3v) is 3.31. The molecular formula is C15H12N2O2S. The van der Waals surface area contributed by atoms with Gasteiger partial charge in [0.2, 0.25) is 11.8 Å². The smallest absolute Gasteiger partial charge is 0.220 e. The van der Waals surface area contributed by atoms with Crippen molar-refractivity contribution in [3.05, 3.63) is 60.4 Å². The standard InChI is InChI=1S/C15H12N2O2S/c1-11-5-4-7-13(17-11)19-15-9-8-14(20-15)18-12-6-2-3-10-16-12/h2-10H,1H3. The molecule has 0 saturated carbocycles. The van der Waals surface area contributed by atoms with Crippen molar-refractivity contribution in [2.45, 2.75) is 6.92 Å². The molecule has 3 heterocycles. The van der Waals surface area contributed by atoms with E-state index in [0.29, 0.717) is 11.8 Å². The van der Waals surface area contributed by atoms with E-state index in [0.717, 1.165) is 15.8 Å². The third-order valence-electron chi connectivity index (χ3n) is 2.47. The molecule has 100 valence electrons. The number of aromatic nitrogens is 2. The zero-order valence-corrected chi connectivity index (χ0v) is 11.6. The minimum atomic E-state index is 0.564. The topological polar surface area (TPSA) is 44.2 Å². The summed E-state index contributed by atoms with van der Waals surface area (Å²) in [6.07, 6.45) is 1.69. The first kappa shape index (κ1) is 12.6. The van der Waals surface area contributed by atoms with Crippen molar-refractivity contribution in [3.63, 3.8) is 0 Å². The van der Waals surface area contributed by atoms with E-state index in [2.05, 4.69) is 9.97 Å². The monoisotopic (exact) mass is 284 g/mol. The van der Waals surface area contributed by atoms with E-state index in [9.17, 15) is 0 Å². The first-order valence-electron chi connectivity index (χ1n) is 6.10. The van der Waals surface area contributed by atoms with Crippen LogP contribution in [-0.4, -0.2) is 9.97 Å². The van der Waals surface area contributed by atoms with Crippen LogP contribution in [0.2, 0.25) is 0 Å². The van der Waals surface area contributed by atoms with Gasteiger partial charge in [-0.25, -0.2) is 9.97 Å². The first-order chi connectivity index (χ1) is 9.79. The number of pyridine rings is 2. The Morgan fingerprint density at radius 1 is 0.850 bits per heavy atom. The average Bonchev–Trinajstić information content (AvgIpc) is 2.87. The summed E-state index contributed by atoms with van der Waals surface area (Å²) in [4.78, 5) is 8.40. The van der Waals surface area contributed by atoms with Gasteiger partial charge in [-0.1, -0.05) is 23.5 Å². The van der Waals surface area contributed by atoms with E-state index in [-0.39, 0.29) is 0 Å². The number of hydrogen-bond acceptors (Lipinski definition) is 5. The fourth-order valence-corrected chi connectivity index (χ4v) is 2.33. The molecule has 3 rings (SSSR count). The van der Waals surface area contributed by atoms with Gasteiger partial charge in [0.1, 0.15) is 0 Å². The Balaban J connectivity index is 1.71. The molecule has 0 saturated heterocycles. The Morgan fingerprint density at radius 3 is 2.30 bits per heavy atom. The summed E-state index contributed by atoms with van der Waals surface area (Å²) < 4.78 is 11.3. The molecule has 0 aliphatic carbocycles. The van der Waals surface area contributed by atoms with Crippen LogP contribution in [0.15, 0.2) is 54.7 Å². The van der Waals surface area contributed by atoms with Gasteiger partial charge in [0.05, 0.1) is 0 Å². The van der Waals surface area contributed by atoms with Crippen LogP contribution in [0.1, 0.15) is 5.69 Å². The van der Waals surface area contributed by atoms with Gasteiger partial charge < -0.3 is 9.47 Å². The lowest BCUT2D eigenvalue weighted by atomic mass is 10.4. The molecule has 20 heavy (non-hydrogen) atoms. The van der Waals surface area contributed by atoms with Crippen LogP contribution >= 0.6 is 11.3 Å². The minimum absolute atomic E-state index is 0.564. The van der Waals surface area contributed by atoms with Gasteiger partial charge in [-0.15, -0.1) is 0 Å². The average molecular weight is 284 g/mol. The number of hydrogen-bond donors (Lipinski definition) is 0. The molecule has 4 nitrogen and oxygen atoms in total. The van der Waals surface area contributed by atoms with Crippen molar-refractivity contribution in [2.75, 3.05) is 0 Å². The molecule has 0 atom stereocenters. The Hall–Kier alpha value is -2.40. The Morgan fingerprint density at radius 2 is 1.60 bits per heavy atom. The number of nitrogens with zero attached hydrogens (tertiary/aromatic N) is 2. The van der Waals surface area contributed by atoms with E-state index in [1.807, 2.05) is 55.5 Å². The maximum absolute atomic E-state index is 5.68. The molecule has 0 aliphatic rings. The van der Waals surface area contributed by atoms with Crippen LogP contribution in [-0.2, 0) is 0 Å². The summed E-state index contributed by atoms with van der Waals surface area (Å²) in [5, 5.41) is 1.46. The second-order valence-corrected chi connectivity index (χ2v) is 5.07. The molecular weight excluding hydrogens is 272 g/mol. The normalized spacial score (nSPS) is 10.2. The quantitative estimate of drug-likeness (QED) is 0.711. The zero-order valence-electron chi connectivity index (χ0n) is 10.8. The van der Waals surface area contributed by atoms with E-state index in [1.165, 1.54) is 11.3 Å². The fraction of sp³-hybridized carbons (Fsp3) is 0.0667. The second-order valence-electron chi connectivity index (χ2n) is 4.06. The Labute approximate surface area is 120 Å². The van der Waals surface area contributed by atoms with Gasteiger partial charge in [-0.3, -0.25) is 0 Å². The highest BCUT2D eigenvalue weighted by Crippen LogP contribution is 2.35. The van der Waals surface area contributed by atoms with E-state index in [1.54, 1.807) is 6.20 Å². The number of rotatable bonds is 4. The highest BCUT2D eigenvalue weighted by Gasteiger charge is 2.06. The summed E-state index contributed by atoms with van der Waals surface area (Å²) in [6.45, 7) is 1.93. The summed E-state index contributed by atoms with van der Waals surface area (Å²) in [5.41, 5.74) is 0.920. The van der Waals surface area contributed by atoms with Crippen molar-refractivity contribution in [1.29, 1.82) is 0 Å². The van der Waals surface area contributed by atoms with Crippen LogP contribution in [0.4, 0.5) is 0 Å². The lowest BCUT2D eigenvalue weighted by molar-refractivity contribution is 0.472. The van der Waals surface area contributed by atoms with Crippen molar-refractivity contribution in [2.24, 2.45) is 0 Å². The van der Waals surface area contributed by atoms with Crippen molar-refractivity contribution >= 4 is 11.3 Å². The molecule has 0 amide bonds. The van der Waals surface area contributed by atoms with Gasteiger partial charge in [-0.05, 0) is 31.2 Å². The highest BCUT2D eigenvalue weighted by atomic mass is 32.1. The van der Waals surface area contributed by atoms with Crippen molar-refractivity contribution < 1.29 is 9.47 Å². The largest absolute Gasteiger partial charge is 0.428 e. The molecule has 0 N–H and O–H groups in total. The van der Waals surface area contributed by atoms with Crippen LogP contribution in [0, 0.1) is 6.92 Å². The molecule has 0 radical (unpaired) electrons. The predicted octanol–water partition coefficient (Wildman–Crippen LogP) is 4.43. The SMILES string of the molecule is Cc1cccc(Oc2ccc(Oc3ccccn3)s2)n1. The molecule has 0 fully saturated rings. The summed E-state index contributed by atoms with van der Waals surface area (Å²) >= 11 is 1.40. The maximum Gasteiger partial charge on any atom is 0.220 e. The molecule has 0 bridgehead atoms. The van der Waals surface area contributed by atoms with Crippen LogP contribution in [0.3, 0.4) is 0 Å². The number of ether oxygens (including phenoxy) is 2. The predicted molar refractivity (Wildman–Crippen MR) is 77.7 cm³/mol. The molecule has 0 aliphatic heterocycles. The lowest BCUT2D eigenvalue weighted by Gasteiger charge is -2.02. The maximum atomic E-state index is 5.68. The van der Waals surface area contributed by atoms with Gasteiger partial charge in [0, 0.05) is 24.0 Å². The van der Waals surface area contributed by atoms with Crippen LogP contribution < -0.4 is 9.47 Å². The van der Waals surface area contributed by atoms with Crippen LogP contribution in [0.25, 0.3) is 0 Å². The molecule has 0 spiro atoms. The third kappa shape index (κ3) is 3.13. The first-order valence-corrected chi connectivity index (χ1v) is 6.91. The van der Waals surface area contributed by atoms with Gasteiger partial charge in [0.25, 0.3) is 0 Å². The van der Waals surface area contributed by atoms with E-state index >= 15 is 0 Å². The van der Waals surface area contributed by atoms with E-state index < -0.39 is 0 Å². The van der Waals surface area contributed by atoms with Gasteiger partial charge in [-0.2, -0.15) is 0 Å². The van der Waals surface area contributed by atoms with Crippen molar-refractivity contribution in [1.82, 2.24) is 9.97 Å². The summed E-state index contributed by atoms with van der Waals surface area (Å²) in [7, 11) is 0. The summed E-state index contributed by atoms with van der Waals surface area (Å²) in [5.74, 6) is 1.14. The Kier molecular flexibility index (Phi) is 3.60. The molecule has 3 aromatic heterocycles. The van der Waals surface area contributed by atoms with Gasteiger partial charge in [0.15, 0.2) is 10.1 Å². The summed E-state index contributed by atoms with van der Waals surface area (Å²) in [6, 6.07) is 14.9. The lowest BCUT2D eigenvalue weighted by Crippen LogP contribution is -1.86. The van der Waals surface area contributed by atoms with E-state index in [4.69, 9.17) is 9.47 Å². The van der Waals surface area contributed by atoms with Gasteiger partial charge >= 0.3 is 0 Å². The minimum Gasteiger partial charge on any atom is -0.428 e. The van der Waals surface area contributed by atoms with Crippen LogP contribution in [0.5, 0.6) is 21.9 Å².